The van der Waals surface area contributed by atoms with Crippen molar-refractivity contribution in [3.8, 4) is 12.5 Å². The minimum atomic E-state index is -0.303. The van der Waals surface area contributed by atoms with Gasteiger partial charge in [-0.3, -0.25) is 14.7 Å². The topological polar surface area (TPSA) is 56.2 Å². The summed E-state index contributed by atoms with van der Waals surface area (Å²) in [4.78, 5) is 34.2. The molecule has 0 radical (unpaired) electrons. The summed E-state index contributed by atoms with van der Waals surface area (Å²) >= 11 is 0. The van der Waals surface area contributed by atoms with E-state index >= 15 is 0 Å². The number of amidine groups is 1. The Kier molecular flexibility index (Phi) is 3.65. The van der Waals surface area contributed by atoms with Gasteiger partial charge >= 0.3 is 6.03 Å². The molecule has 1 fully saturated rings. The fourth-order valence-electron chi connectivity index (χ4n) is 2.99. The summed E-state index contributed by atoms with van der Waals surface area (Å²) < 4.78 is 0. The number of aliphatic imine (C=N–C) groups is 1. The first-order valence-electron chi connectivity index (χ1n) is 7.69. The molecule has 0 aromatic rings. The lowest BCUT2D eigenvalue weighted by Crippen LogP contribution is -2.49. The largest absolute Gasteiger partial charge is 0.341 e. The second kappa shape index (κ2) is 5.48. The number of carbonyl (C=O) groups is 2. The van der Waals surface area contributed by atoms with E-state index in [0.29, 0.717) is 23.9 Å². The van der Waals surface area contributed by atoms with E-state index in [1.807, 2.05) is 0 Å². The van der Waals surface area contributed by atoms with Gasteiger partial charge in [0.05, 0.1) is 18.2 Å². The molecule has 1 saturated heterocycles. The Bertz CT molecular complexity index is 608. The van der Waals surface area contributed by atoms with Crippen molar-refractivity contribution in [1.29, 1.82) is 0 Å². The summed E-state index contributed by atoms with van der Waals surface area (Å²) in [5, 5.41) is 0. The lowest BCUT2D eigenvalue weighted by atomic mass is 10.1. The van der Waals surface area contributed by atoms with Crippen LogP contribution in [-0.2, 0) is 4.79 Å². The predicted octanol–water partition coefficient (Wildman–Crippen LogP) is 1.26. The Morgan fingerprint density at radius 2 is 2.09 bits per heavy atom. The molecule has 3 rings (SSSR count). The molecule has 0 saturated carbocycles. The van der Waals surface area contributed by atoms with Crippen molar-refractivity contribution in [3.63, 3.8) is 0 Å². The van der Waals surface area contributed by atoms with Crippen LogP contribution in [0.1, 0.15) is 26.7 Å². The van der Waals surface area contributed by atoms with Gasteiger partial charge in [-0.05, 0) is 18.8 Å². The molecule has 3 heterocycles. The minimum absolute atomic E-state index is 0.00597. The van der Waals surface area contributed by atoms with Crippen LogP contribution in [0.5, 0.6) is 0 Å². The Hall–Kier alpha value is -2.29. The van der Waals surface area contributed by atoms with Gasteiger partial charge in [0.25, 0.3) is 5.91 Å². The molecule has 3 amide bonds. The van der Waals surface area contributed by atoms with E-state index in [0.717, 1.165) is 30.8 Å². The van der Waals surface area contributed by atoms with Crippen LogP contribution in [0.4, 0.5) is 4.79 Å². The average Bonchev–Trinajstić information content (AvgIpc) is 3.17. The first-order valence-corrected chi connectivity index (χ1v) is 7.69. The van der Waals surface area contributed by atoms with Crippen LogP contribution in [0.2, 0.25) is 0 Å². The second-order valence-corrected chi connectivity index (χ2v) is 6.20. The van der Waals surface area contributed by atoms with Gasteiger partial charge in [-0.25, -0.2) is 9.69 Å². The van der Waals surface area contributed by atoms with Crippen molar-refractivity contribution in [2.45, 2.75) is 32.7 Å². The van der Waals surface area contributed by atoms with Gasteiger partial charge in [0.1, 0.15) is 5.84 Å². The Morgan fingerprint density at radius 1 is 1.41 bits per heavy atom. The normalized spacial score (nSPS) is 24.4. The fraction of sp³-hybridized carbons (Fsp3) is 0.562. The van der Waals surface area contributed by atoms with E-state index in [9.17, 15) is 9.59 Å². The molecule has 0 unspecified atom stereocenters. The van der Waals surface area contributed by atoms with Crippen LogP contribution in [0.25, 0.3) is 0 Å². The zero-order valence-corrected chi connectivity index (χ0v) is 13.0. The molecule has 1 atom stereocenters. The third kappa shape index (κ3) is 2.27. The maximum atomic E-state index is 12.7. The van der Waals surface area contributed by atoms with E-state index in [1.165, 1.54) is 11.1 Å². The lowest BCUT2D eigenvalue weighted by Gasteiger charge is -2.30. The third-order valence-corrected chi connectivity index (χ3v) is 4.38. The van der Waals surface area contributed by atoms with Crippen molar-refractivity contribution in [2.24, 2.45) is 10.9 Å². The molecule has 116 valence electrons. The Balaban J connectivity index is 1.97. The Morgan fingerprint density at radius 3 is 2.68 bits per heavy atom. The van der Waals surface area contributed by atoms with Gasteiger partial charge in [-0.15, -0.1) is 0 Å². The predicted molar refractivity (Wildman–Crippen MR) is 82.7 cm³/mol. The van der Waals surface area contributed by atoms with Crippen LogP contribution in [0.15, 0.2) is 16.8 Å². The molecule has 6 nitrogen and oxygen atoms in total. The molecule has 0 aromatic heterocycles. The second-order valence-electron chi connectivity index (χ2n) is 6.20. The maximum absolute atomic E-state index is 12.7. The SMILES string of the molecule is C#CN1C=C(C(=O)N2CCCC2)C2=N[C@@H](C(C)C)CN2C1=O. The maximum Gasteiger partial charge on any atom is 0.341 e. The quantitative estimate of drug-likeness (QED) is 0.721. The third-order valence-electron chi connectivity index (χ3n) is 4.38. The molecule has 3 aliphatic rings. The zero-order valence-electron chi connectivity index (χ0n) is 13.0. The van der Waals surface area contributed by atoms with Crippen molar-refractivity contribution in [2.75, 3.05) is 19.6 Å². The van der Waals surface area contributed by atoms with Crippen LogP contribution in [0.3, 0.4) is 0 Å². The smallest absolute Gasteiger partial charge is 0.338 e. The van der Waals surface area contributed by atoms with Crippen molar-refractivity contribution in [1.82, 2.24) is 14.7 Å². The number of rotatable bonds is 2. The number of hydrogen-bond donors (Lipinski definition) is 0. The lowest BCUT2D eigenvalue weighted by molar-refractivity contribution is -0.125. The van der Waals surface area contributed by atoms with Crippen LogP contribution >= 0.6 is 0 Å². The van der Waals surface area contributed by atoms with E-state index in [2.05, 4.69) is 24.9 Å². The molecule has 3 aliphatic heterocycles. The average molecular weight is 300 g/mol. The first kappa shape index (κ1) is 14.6. The van der Waals surface area contributed by atoms with Gasteiger partial charge in [-0.1, -0.05) is 20.3 Å². The Labute approximate surface area is 130 Å². The summed E-state index contributed by atoms with van der Waals surface area (Å²) in [6.07, 6.45) is 8.90. The molecule has 0 N–H and O–H groups in total. The molecule has 22 heavy (non-hydrogen) atoms. The molecule has 0 spiro atoms. The summed E-state index contributed by atoms with van der Waals surface area (Å²) in [6.45, 7) is 6.10. The molecule has 0 aromatic carbocycles. The van der Waals surface area contributed by atoms with Gasteiger partial charge in [-0.2, -0.15) is 0 Å². The van der Waals surface area contributed by atoms with Crippen molar-refractivity contribution >= 4 is 17.8 Å². The van der Waals surface area contributed by atoms with Gasteiger partial charge in [0.2, 0.25) is 0 Å². The highest BCUT2D eigenvalue weighted by Gasteiger charge is 2.41. The number of likely N-dealkylation sites (tertiary alicyclic amines) is 1. The monoisotopic (exact) mass is 300 g/mol. The zero-order chi connectivity index (χ0) is 15.9. The number of urea groups is 1. The first-order chi connectivity index (χ1) is 10.5. The van der Waals surface area contributed by atoms with E-state index in [-0.39, 0.29) is 18.0 Å². The highest BCUT2D eigenvalue weighted by Crippen LogP contribution is 2.27. The van der Waals surface area contributed by atoms with E-state index < -0.39 is 0 Å². The van der Waals surface area contributed by atoms with Crippen molar-refractivity contribution < 1.29 is 9.59 Å². The van der Waals surface area contributed by atoms with Gasteiger partial charge in [0, 0.05) is 25.3 Å². The molecular formula is C16H20N4O2. The van der Waals surface area contributed by atoms with Gasteiger partial charge < -0.3 is 4.90 Å². The number of fused-ring (bicyclic) bond motifs is 1. The summed E-state index contributed by atoms with van der Waals surface area (Å²) in [5.74, 6) is 0.693. The summed E-state index contributed by atoms with van der Waals surface area (Å²) in [5.41, 5.74) is 0.433. The highest BCUT2D eigenvalue weighted by atomic mass is 16.2. The number of nitrogens with zero attached hydrogens (tertiary/aromatic N) is 4. The van der Waals surface area contributed by atoms with E-state index in [4.69, 9.17) is 6.42 Å². The fourth-order valence-corrected chi connectivity index (χ4v) is 2.99. The van der Waals surface area contributed by atoms with Crippen LogP contribution < -0.4 is 0 Å². The molecule has 0 bridgehead atoms. The number of hydrogen-bond acceptors (Lipinski definition) is 3. The molecule has 6 heteroatoms. The van der Waals surface area contributed by atoms with Crippen LogP contribution in [0, 0.1) is 18.4 Å². The van der Waals surface area contributed by atoms with Crippen LogP contribution in [-0.4, -0.2) is 58.1 Å². The number of carbonyl (C=O) groups excluding carboxylic acids is 2. The molecule has 0 aliphatic carbocycles. The number of terminal acetylenes is 1. The highest BCUT2D eigenvalue weighted by molar-refractivity contribution is 6.26. The minimum Gasteiger partial charge on any atom is -0.338 e. The summed E-state index contributed by atoms with van der Waals surface area (Å²) in [6, 6.07) is 2.03. The summed E-state index contributed by atoms with van der Waals surface area (Å²) in [7, 11) is 0. The van der Waals surface area contributed by atoms with Gasteiger partial charge in [0.15, 0.2) is 0 Å². The van der Waals surface area contributed by atoms with Crippen molar-refractivity contribution in [3.05, 3.63) is 11.8 Å². The molecular weight excluding hydrogens is 280 g/mol. The van der Waals surface area contributed by atoms with E-state index in [1.54, 1.807) is 4.90 Å². The standard InChI is InChI=1S/C16H20N4O2/c1-4-18-9-12(15(21)19-7-5-6-8-19)14-17-13(11(2)3)10-20(14)16(18)22/h1,9,11,13H,5-8,10H2,2-3H3/t13-/m1/s1. The number of amides is 3.